The molecule has 1 aromatic carbocycles. The van der Waals surface area contributed by atoms with Gasteiger partial charge in [0.15, 0.2) is 0 Å². The highest BCUT2D eigenvalue weighted by atomic mass is 19.1. The molecule has 0 aliphatic carbocycles. The van der Waals surface area contributed by atoms with Gasteiger partial charge in [0.05, 0.1) is 50.7 Å². The quantitative estimate of drug-likeness (QED) is 0.484. The Labute approximate surface area is 187 Å². The lowest BCUT2D eigenvalue weighted by molar-refractivity contribution is -0.128. The summed E-state index contributed by atoms with van der Waals surface area (Å²) in [6.07, 6.45) is 1.80. The van der Waals surface area contributed by atoms with Crippen LogP contribution in [-0.4, -0.2) is 75.0 Å². The molecule has 3 aliphatic rings. The van der Waals surface area contributed by atoms with Gasteiger partial charge >= 0.3 is 0 Å². The van der Waals surface area contributed by atoms with Crippen LogP contribution in [0.2, 0.25) is 0 Å². The number of nitrogens with one attached hydrogen (secondary N) is 4. The molecule has 3 fully saturated rings. The minimum Gasteiger partial charge on any atom is -0.491 e. The highest BCUT2D eigenvalue weighted by Crippen LogP contribution is 2.27. The monoisotopic (exact) mass is 449 g/mol. The Morgan fingerprint density at radius 1 is 1.25 bits per heavy atom. The van der Waals surface area contributed by atoms with Crippen molar-refractivity contribution in [3.63, 3.8) is 0 Å². The van der Waals surface area contributed by atoms with Crippen LogP contribution in [0.5, 0.6) is 5.75 Å². The van der Waals surface area contributed by atoms with Crippen molar-refractivity contribution in [2.24, 2.45) is 5.92 Å². The second-order valence-corrected chi connectivity index (χ2v) is 8.55. The van der Waals surface area contributed by atoms with Crippen LogP contribution >= 0.6 is 0 Å². The van der Waals surface area contributed by atoms with Gasteiger partial charge in [-0.3, -0.25) is 19.8 Å². The highest BCUT2D eigenvalue weighted by molar-refractivity contribution is 5.93. The van der Waals surface area contributed by atoms with Crippen molar-refractivity contribution in [1.29, 1.82) is 0 Å². The van der Waals surface area contributed by atoms with Crippen molar-refractivity contribution in [2.45, 2.75) is 38.0 Å². The number of hydrogen-bond donors (Lipinski definition) is 4. The molecule has 32 heavy (non-hydrogen) atoms. The molecular weight excluding hydrogens is 417 g/mol. The normalized spacial score (nSPS) is 25.2. The first-order valence-corrected chi connectivity index (χ1v) is 11.4. The number of hydrogen-bond acceptors (Lipinski definition) is 7. The third-order valence-electron chi connectivity index (χ3n) is 6.13. The third kappa shape index (κ3) is 6.38. The van der Waals surface area contributed by atoms with Gasteiger partial charge < -0.3 is 25.4 Å². The Morgan fingerprint density at radius 2 is 2.03 bits per heavy atom. The van der Waals surface area contributed by atoms with E-state index in [1.807, 2.05) is 0 Å². The highest BCUT2D eigenvalue weighted by Gasteiger charge is 2.31. The first kappa shape index (κ1) is 22.9. The van der Waals surface area contributed by atoms with Gasteiger partial charge in [0.25, 0.3) is 0 Å². The van der Waals surface area contributed by atoms with E-state index in [1.54, 1.807) is 0 Å². The maximum Gasteiger partial charge on any atom is 0.227 e. The van der Waals surface area contributed by atoms with Crippen LogP contribution in [0.3, 0.4) is 0 Å². The number of halogens is 1. The minimum absolute atomic E-state index is 0.0533. The maximum atomic E-state index is 13.8. The standard InChI is InChI=1S/C22H32FN5O4/c23-16-1-2-17(18(11-16)32-14-15-3-5-24-6-4-15)25-21(29)12-19-26-20(13-22(30)27-19)28-7-9-31-10-8-28/h1-2,11,15,19-20,24,26H,3-10,12-14H2,(H,25,29)(H,27,30). The molecule has 0 radical (unpaired) electrons. The number of morpholine rings is 1. The second kappa shape index (κ2) is 11.0. The van der Waals surface area contributed by atoms with Crippen LogP contribution in [0.15, 0.2) is 18.2 Å². The lowest BCUT2D eigenvalue weighted by atomic mass is 9.99. The largest absolute Gasteiger partial charge is 0.491 e. The minimum atomic E-state index is -0.483. The molecular formula is C22H32FN5O4. The maximum absolute atomic E-state index is 13.8. The molecule has 176 valence electrons. The average molecular weight is 450 g/mol. The zero-order valence-electron chi connectivity index (χ0n) is 18.2. The summed E-state index contributed by atoms with van der Waals surface area (Å²) in [7, 11) is 0. The smallest absolute Gasteiger partial charge is 0.227 e. The lowest BCUT2D eigenvalue weighted by Gasteiger charge is -2.40. The fraction of sp³-hybridized carbons (Fsp3) is 0.636. The molecule has 3 saturated heterocycles. The van der Waals surface area contributed by atoms with Gasteiger partial charge in [-0.05, 0) is 44.0 Å². The molecule has 3 heterocycles. The summed E-state index contributed by atoms with van der Waals surface area (Å²) >= 11 is 0. The van der Waals surface area contributed by atoms with Crippen molar-refractivity contribution < 1.29 is 23.5 Å². The van der Waals surface area contributed by atoms with Gasteiger partial charge in [0.2, 0.25) is 11.8 Å². The Bertz CT molecular complexity index is 799. The van der Waals surface area contributed by atoms with Gasteiger partial charge in [-0.25, -0.2) is 4.39 Å². The summed E-state index contributed by atoms with van der Waals surface area (Å²) < 4.78 is 25.1. The van der Waals surface area contributed by atoms with E-state index in [0.717, 1.165) is 39.0 Å². The molecule has 10 heteroatoms. The van der Waals surface area contributed by atoms with E-state index in [4.69, 9.17) is 9.47 Å². The topological polar surface area (TPSA) is 104 Å². The van der Waals surface area contributed by atoms with Gasteiger partial charge in [0, 0.05) is 19.2 Å². The van der Waals surface area contributed by atoms with Crippen molar-refractivity contribution in [3.05, 3.63) is 24.0 Å². The van der Waals surface area contributed by atoms with Crippen molar-refractivity contribution in [2.75, 3.05) is 51.3 Å². The molecule has 1 aromatic rings. The van der Waals surface area contributed by atoms with Gasteiger partial charge in [0.1, 0.15) is 11.6 Å². The molecule has 2 amide bonds. The molecule has 2 unspecified atom stereocenters. The van der Waals surface area contributed by atoms with Gasteiger partial charge in [-0.1, -0.05) is 0 Å². The summed E-state index contributed by atoms with van der Waals surface area (Å²) in [4.78, 5) is 27.1. The fourth-order valence-corrected chi connectivity index (χ4v) is 4.36. The molecule has 0 bridgehead atoms. The number of ether oxygens (including phenoxy) is 2. The number of piperidine rings is 1. The Kier molecular flexibility index (Phi) is 7.90. The predicted octanol–water partition coefficient (Wildman–Crippen LogP) is 0.627. The van der Waals surface area contributed by atoms with Gasteiger partial charge in [-0.15, -0.1) is 0 Å². The van der Waals surface area contributed by atoms with Crippen LogP contribution in [0, 0.1) is 11.7 Å². The molecule has 2 atom stereocenters. The average Bonchev–Trinajstić information content (AvgIpc) is 2.80. The summed E-state index contributed by atoms with van der Waals surface area (Å²) in [6.45, 7) is 5.15. The molecule has 9 nitrogen and oxygen atoms in total. The second-order valence-electron chi connectivity index (χ2n) is 8.55. The van der Waals surface area contributed by atoms with E-state index in [9.17, 15) is 14.0 Å². The number of amides is 2. The van der Waals surface area contributed by atoms with Crippen LogP contribution in [0.1, 0.15) is 25.7 Å². The molecule has 0 spiro atoms. The number of anilines is 1. The summed E-state index contributed by atoms with van der Waals surface area (Å²) in [6, 6.07) is 4.10. The number of carbonyl (C=O) groups excluding carboxylic acids is 2. The van der Waals surface area contributed by atoms with Crippen molar-refractivity contribution >= 4 is 17.5 Å². The van der Waals surface area contributed by atoms with Crippen LogP contribution in [0.4, 0.5) is 10.1 Å². The Morgan fingerprint density at radius 3 is 2.81 bits per heavy atom. The van der Waals surface area contributed by atoms with E-state index in [2.05, 4.69) is 26.2 Å². The van der Waals surface area contributed by atoms with E-state index >= 15 is 0 Å². The van der Waals surface area contributed by atoms with E-state index in [-0.39, 0.29) is 24.4 Å². The van der Waals surface area contributed by atoms with Crippen LogP contribution < -0.4 is 26.0 Å². The van der Waals surface area contributed by atoms with Crippen LogP contribution in [0.25, 0.3) is 0 Å². The first-order chi connectivity index (χ1) is 15.6. The molecule has 3 aliphatic heterocycles. The lowest BCUT2D eigenvalue weighted by Crippen LogP contribution is -2.63. The van der Waals surface area contributed by atoms with Crippen molar-refractivity contribution in [3.8, 4) is 5.75 Å². The SMILES string of the molecule is O=C(CC1NC(=O)CC(N2CCOCC2)N1)Nc1ccc(F)cc1OCC1CCNCC1. The first-order valence-electron chi connectivity index (χ1n) is 11.4. The fourth-order valence-electron chi connectivity index (χ4n) is 4.36. The van der Waals surface area contributed by atoms with E-state index in [0.29, 0.717) is 43.6 Å². The van der Waals surface area contributed by atoms with E-state index in [1.165, 1.54) is 18.2 Å². The van der Waals surface area contributed by atoms with Crippen LogP contribution in [-0.2, 0) is 14.3 Å². The third-order valence-corrected chi connectivity index (χ3v) is 6.13. The summed E-state index contributed by atoms with van der Waals surface area (Å²) in [5.74, 6) is -0.0713. The Hall–Kier alpha value is -2.27. The molecule has 4 rings (SSSR count). The zero-order chi connectivity index (χ0) is 22.3. The Balaban J connectivity index is 1.33. The number of rotatable bonds is 7. The van der Waals surface area contributed by atoms with Crippen molar-refractivity contribution in [1.82, 2.24) is 20.9 Å². The predicted molar refractivity (Wildman–Crippen MR) is 117 cm³/mol. The van der Waals surface area contributed by atoms with Gasteiger partial charge in [-0.2, -0.15) is 0 Å². The number of benzene rings is 1. The number of carbonyl (C=O) groups is 2. The zero-order valence-corrected chi connectivity index (χ0v) is 18.2. The number of nitrogens with zero attached hydrogens (tertiary/aromatic N) is 1. The van der Waals surface area contributed by atoms with E-state index < -0.39 is 12.0 Å². The molecule has 0 aromatic heterocycles. The summed E-state index contributed by atoms with van der Waals surface area (Å²) in [5.41, 5.74) is 0.428. The molecule has 4 N–H and O–H groups in total. The molecule has 0 saturated carbocycles. The summed E-state index contributed by atoms with van der Waals surface area (Å²) in [5, 5.41) is 12.3.